The molecular formula is C17H20N6O. The lowest BCUT2D eigenvalue weighted by Crippen LogP contribution is -2.15. The van der Waals surface area contributed by atoms with Crippen LogP contribution in [0.5, 0.6) is 0 Å². The molecule has 1 aliphatic heterocycles. The van der Waals surface area contributed by atoms with Crippen LogP contribution >= 0.6 is 0 Å². The Labute approximate surface area is 140 Å². The van der Waals surface area contributed by atoms with Crippen molar-refractivity contribution in [2.24, 2.45) is 0 Å². The average Bonchev–Trinajstić information content (AvgIpc) is 3.32. The lowest BCUT2D eigenvalue weighted by Gasteiger charge is -2.18. The smallest absolute Gasteiger partial charge is 0.158 e. The largest absolute Gasteiger partial charge is 0.381 e. The van der Waals surface area contributed by atoms with Crippen molar-refractivity contribution in [3.63, 3.8) is 0 Å². The number of benzene rings is 1. The maximum absolute atomic E-state index is 5.44. The number of rotatable bonds is 4. The zero-order chi connectivity index (χ0) is 16.4. The summed E-state index contributed by atoms with van der Waals surface area (Å²) in [4.78, 5) is 4.83. The van der Waals surface area contributed by atoms with E-state index in [1.807, 2.05) is 21.4 Å². The van der Waals surface area contributed by atoms with Gasteiger partial charge in [-0.05, 0) is 44.0 Å². The standard InChI is InChI=1S/C17H20N6O/c1-2-23-17(20-16(21-23)13-7-9-24-10-8-13)14-3-5-15(6-4-14)22-11-18-19-12-22/h3-6,11-13H,2,7-10H2,1H3. The third kappa shape index (κ3) is 2.82. The zero-order valence-electron chi connectivity index (χ0n) is 13.7. The minimum atomic E-state index is 0.404. The van der Waals surface area contributed by atoms with Crippen LogP contribution in [0.1, 0.15) is 31.5 Å². The summed E-state index contributed by atoms with van der Waals surface area (Å²) in [6.07, 6.45) is 5.37. The Hall–Kier alpha value is -2.54. The van der Waals surface area contributed by atoms with Crippen LogP contribution in [0.25, 0.3) is 17.1 Å². The summed E-state index contributed by atoms with van der Waals surface area (Å²) in [7, 11) is 0. The Kier molecular flexibility index (Phi) is 4.08. The molecule has 7 nitrogen and oxygen atoms in total. The lowest BCUT2D eigenvalue weighted by molar-refractivity contribution is 0.0835. The molecule has 0 atom stereocenters. The van der Waals surface area contributed by atoms with E-state index in [1.165, 1.54) is 0 Å². The monoisotopic (exact) mass is 324 g/mol. The van der Waals surface area contributed by atoms with Gasteiger partial charge in [0.15, 0.2) is 11.6 Å². The van der Waals surface area contributed by atoms with Gasteiger partial charge >= 0.3 is 0 Å². The van der Waals surface area contributed by atoms with Gasteiger partial charge in [0.05, 0.1) is 0 Å². The predicted octanol–water partition coefficient (Wildman–Crippen LogP) is 2.44. The van der Waals surface area contributed by atoms with Crippen LogP contribution in [0.4, 0.5) is 0 Å². The Morgan fingerprint density at radius 3 is 2.46 bits per heavy atom. The lowest BCUT2D eigenvalue weighted by atomic mass is 10.00. The molecule has 1 saturated heterocycles. The molecule has 0 aliphatic carbocycles. The van der Waals surface area contributed by atoms with Gasteiger partial charge in [-0.2, -0.15) is 5.10 Å². The summed E-state index contributed by atoms with van der Waals surface area (Å²) in [6, 6.07) is 8.22. The van der Waals surface area contributed by atoms with Gasteiger partial charge in [-0.15, -0.1) is 10.2 Å². The third-order valence-corrected chi connectivity index (χ3v) is 4.42. The molecule has 3 heterocycles. The summed E-state index contributed by atoms with van der Waals surface area (Å²) in [6.45, 7) is 4.50. The summed E-state index contributed by atoms with van der Waals surface area (Å²) < 4.78 is 9.30. The molecule has 0 amide bonds. The van der Waals surface area contributed by atoms with Crippen molar-refractivity contribution in [3.8, 4) is 17.1 Å². The first kappa shape index (κ1) is 15.0. The van der Waals surface area contributed by atoms with E-state index in [0.717, 1.165) is 55.5 Å². The Morgan fingerprint density at radius 2 is 1.79 bits per heavy atom. The molecule has 2 aromatic heterocycles. The average molecular weight is 324 g/mol. The summed E-state index contributed by atoms with van der Waals surface area (Å²) in [5, 5.41) is 12.4. The molecule has 0 unspecified atom stereocenters. The quantitative estimate of drug-likeness (QED) is 0.737. The normalized spacial score (nSPS) is 15.7. The van der Waals surface area contributed by atoms with E-state index < -0.39 is 0 Å². The van der Waals surface area contributed by atoms with Crippen LogP contribution in [-0.4, -0.2) is 42.7 Å². The van der Waals surface area contributed by atoms with Gasteiger partial charge in [-0.25, -0.2) is 9.67 Å². The van der Waals surface area contributed by atoms with E-state index in [-0.39, 0.29) is 0 Å². The van der Waals surface area contributed by atoms with Crippen LogP contribution < -0.4 is 0 Å². The zero-order valence-corrected chi connectivity index (χ0v) is 13.7. The maximum atomic E-state index is 5.44. The Bertz CT molecular complexity index is 787. The van der Waals surface area contributed by atoms with Gasteiger partial charge in [0, 0.05) is 36.9 Å². The third-order valence-electron chi connectivity index (χ3n) is 4.42. The number of aryl methyl sites for hydroxylation is 1. The molecule has 24 heavy (non-hydrogen) atoms. The molecule has 124 valence electrons. The van der Waals surface area contributed by atoms with Crippen LogP contribution in [0.3, 0.4) is 0 Å². The first-order chi connectivity index (χ1) is 11.8. The van der Waals surface area contributed by atoms with Gasteiger partial charge in [0.1, 0.15) is 12.7 Å². The van der Waals surface area contributed by atoms with E-state index in [4.69, 9.17) is 14.8 Å². The number of nitrogens with zero attached hydrogens (tertiary/aromatic N) is 6. The maximum Gasteiger partial charge on any atom is 0.158 e. The fraction of sp³-hybridized carbons (Fsp3) is 0.412. The highest BCUT2D eigenvalue weighted by Gasteiger charge is 2.22. The predicted molar refractivity (Wildman–Crippen MR) is 88.8 cm³/mol. The molecule has 1 aliphatic rings. The summed E-state index contributed by atoms with van der Waals surface area (Å²) >= 11 is 0. The van der Waals surface area contributed by atoms with Crippen LogP contribution in [-0.2, 0) is 11.3 Å². The number of aromatic nitrogens is 6. The highest BCUT2D eigenvalue weighted by molar-refractivity contribution is 5.57. The van der Waals surface area contributed by atoms with Crippen LogP contribution in [0, 0.1) is 0 Å². The molecule has 0 bridgehead atoms. The molecule has 0 spiro atoms. The van der Waals surface area contributed by atoms with Crippen molar-refractivity contribution in [1.29, 1.82) is 0 Å². The van der Waals surface area contributed by atoms with Crippen molar-refractivity contribution in [3.05, 3.63) is 42.7 Å². The topological polar surface area (TPSA) is 70.7 Å². The Balaban J connectivity index is 1.64. The van der Waals surface area contributed by atoms with Gasteiger partial charge in [0.2, 0.25) is 0 Å². The van der Waals surface area contributed by atoms with Gasteiger partial charge in [0.25, 0.3) is 0 Å². The number of hydrogen-bond donors (Lipinski definition) is 0. The van der Waals surface area contributed by atoms with E-state index in [0.29, 0.717) is 5.92 Å². The first-order valence-electron chi connectivity index (χ1n) is 8.33. The fourth-order valence-corrected chi connectivity index (χ4v) is 3.04. The van der Waals surface area contributed by atoms with Gasteiger partial charge in [-0.1, -0.05) is 0 Å². The molecule has 0 radical (unpaired) electrons. The van der Waals surface area contributed by atoms with E-state index in [1.54, 1.807) is 12.7 Å². The SMILES string of the molecule is CCn1nc(C2CCOCC2)nc1-c1ccc(-n2cnnc2)cc1. The first-order valence-corrected chi connectivity index (χ1v) is 8.33. The Morgan fingerprint density at radius 1 is 1.08 bits per heavy atom. The summed E-state index contributed by atoms with van der Waals surface area (Å²) in [5.41, 5.74) is 2.09. The van der Waals surface area contributed by atoms with Crippen molar-refractivity contribution in [2.75, 3.05) is 13.2 Å². The number of hydrogen-bond acceptors (Lipinski definition) is 5. The number of ether oxygens (including phenoxy) is 1. The van der Waals surface area contributed by atoms with E-state index in [9.17, 15) is 0 Å². The molecule has 7 heteroatoms. The molecular weight excluding hydrogens is 304 g/mol. The van der Waals surface area contributed by atoms with Gasteiger partial charge in [-0.3, -0.25) is 4.57 Å². The highest BCUT2D eigenvalue weighted by Crippen LogP contribution is 2.27. The van der Waals surface area contributed by atoms with E-state index in [2.05, 4.69) is 29.3 Å². The van der Waals surface area contributed by atoms with Crippen LogP contribution in [0.15, 0.2) is 36.9 Å². The van der Waals surface area contributed by atoms with Crippen molar-refractivity contribution in [1.82, 2.24) is 29.5 Å². The molecule has 1 aromatic carbocycles. The fourth-order valence-electron chi connectivity index (χ4n) is 3.04. The molecule has 4 rings (SSSR count). The molecule has 1 fully saturated rings. The minimum absolute atomic E-state index is 0.404. The van der Waals surface area contributed by atoms with Crippen molar-refractivity contribution >= 4 is 0 Å². The highest BCUT2D eigenvalue weighted by atomic mass is 16.5. The second kappa shape index (κ2) is 6.52. The summed E-state index contributed by atoms with van der Waals surface area (Å²) in [5.74, 6) is 2.27. The molecule has 0 N–H and O–H groups in total. The molecule has 3 aromatic rings. The minimum Gasteiger partial charge on any atom is -0.381 e. The van der Waals surface area contributed by atoms with Crippen molar-refractivity contribution in [2.45, 2.75) is 32.2 Å². The second-order valence-electron chi connectivity index (χ2n) is 5.91. The molecule has 0 saturated carbocycles. The van der Waals surface area contributed by atoms with E-state index >= 15 is 0 Å². The van der Waals surface area contributed by atoms with Crippen molar-refractivity contribution < 1.29 is 4.74 Å². The van der Waals surface area contributed by atoms with Gasteiger partial charge < -0.3 is 4.74 Å². The second-order valence-corrected chi connectivity index (χ2v) is 5.91. The van der Waals surface area contributed by atoms with Crippen LogP contribution in [0.2, 0.25) is 0 Å².